The predicted molar refractivity (Wildman–Crippen MR) is 58.6 cm³/mol. The van der Waals surface area contributed by atoms with Crippen LogP contribution < -0.4 is 0 Å². The molecule has 3 heteroatoms. The average molecular weight is 205 g/mol. The first-order valence-corrected chi connectivity index (χ1v) is 5.41. The van der Waals surface area contributed by atoms with E-state index in [9.17, 15) is 5.11 Å². The zero-order chi connectivity index (χ0) is 9.97. The quantitative estimate of drug-likeness (QED) is 0.817. The van der Waals surface area contributed by atoms with Crippen LogP contribution in [0, 0.1) is 0 Å². The summed E-state index contributed by atoms with van der Waals surface area (Å²) in [6.45, 7) is 2.06. The Kier molecular flexibility index (Phi) is 2.50. The molecular formula is C11H11NOS. The van der Waals surface area contributed by atoms with Gasteiger partial charge in [0.15, 0.2) is 0 Å². The largest absolute Gasteiger partial charge is 0.506 e. The third-order valence-electron chi connectivity index (χ3n) is 2.09. The first kappa shape index (κ1) is 9.21. The van der Waals surface area contributed by atoms with Crippen LogP contribution in [0.1, 0.15) is 12.5 Å². The third-order valence-corrected chi connectivity index (χ3v) is 2.96. The minimum Gasteiger partial charge on any atom is -0.506 e. The van der Waals surface area contributed by atoms with Gasteiger partial charge in [0.05, 0.1) is 16.8 Å². The maximum absolute atomic E-state index is 9.31. The molecule has 0 aliphatic heterocycles. The van der Waals surface area contributed by atoms with Crippen LogP contribution in [0.25, 0.3) is 10.6 Å². The summed E-state index contributed by atoms with van der Waals surface area (Å²) in [4.78, 5) is 5.41. The summed E-state index contributed by atoms with van der Waals surface area (Å²) in [6, 6.07) is 5.83. The van der Waals surface area contributed by atoms with Crippen LogP contribution >= 0.6 is 11.3 Å². The monoisotopic (exact) mass is 205 g/mol. The van der Waals surface area contributed by atoms with Gasteiger partial charge < -0.3 is 5.11 Å². The number of aromatic hydroxyl groups is 1. The SMILES string of the molecule is CCc1cc(O)cnc1-c1cccs1. The first-order valence-electron chi connectivity index (χ1n) is 4.53. The number of rotatable bonds is 2. The lowest BCUT2D eigenvalue weighted by molar-refractivity contribution is 0.472. The fourth-order valence-corrected chi connectivity index (χ4v) is 2.16. The maximum atomic E-state index is 9.31. The van der Waals surface area contributed by atoms with E-state index in [4.69, 9.17) is 0 Å². The van der Waals surface area contributed by atoms with E-state index < -0.39 is 0 Å². The topological polar surface area (TPSA) is 33.1 Å². The molecule has 0 amide bonds. The van der Waals surface area contributed by atoms with Crippen molar-refractivity contribution < 1.29 is 5.11 Å². The van der Waals surface area contributed by atoms with Crippen molar-refractivity contribution in [2.24, 2.45) is 0 Å². The summed E-state index contributed by atoms with van der Waals surface area (Å²) >= 11 is 1.67. The zero-order valence-corrected chi connectivity index (χ0v) is 8.71. The lowest BCUT2D eigenvalue weighted by atomic mass is 10.1. The Balaban J connectivity index is 2.53. The van der Waals surface area contributed by atoms with Crippen molar-refractivity contribution >= 4 is 11.3 Å². The number of aromatic nitrogens is 1. The second-order valence-electron chi connectivity index (χ2n) is 3.03. The van der Waals surface area contributed by atoms with Crippen molar-refractivity contribution in [1.82, 2.24) is 4.98 Å². The van der Waals surface area contributed by atoms with Gasteiger partial charge in [0.25, 0.3) is 0 Å². The highest BCUT2D eigenvalue weighted by Gasteiger charge is 2.06. The van der Waals surface area contributed by atoms with Gasteiger partial charge in [-0.05, 0) is 29.5 Å². The summed E-state index contributed by atoms with van der Waals surface area (Å²) in [5, 5.41) is 11.3. The minimum absolute atomic E-state index is 0.238. The molecule has 0 spiro atoms. The number of pyridine rings is 1. The van der Waals surface area contributed by atoms with E-state index in [1.807, 2.05) is 17.5 Å². The molecule has 0 aliphatic carbocycles. The second kappa shape index (κ2) is 3.80. The molecule has 0 aromatic carbocycles. The van der Waals surface area contributed by atoms with Crippen LogP contribution in [0.2, 0.25) is 0 Å². The van der Waals surface area contributed by atoms with Crippen molar-refractivity contribution in [2.45, 2.75) is 13.3 Å². The number of hydrogen-bond acceptors (Lipinski definition) is 3. The van der Waals surface area contributed by atoms with Crippen molar-refractivity contribution in [3.05, 3.63) is 35.3 Å². The standard InChI is InChI=1S/C11H11NOS/c1-2-8-6-9(13)7-12-11(8)10-4-3-5-14-10/h3-7,13H,2H2,1H3. The summed E-state index contributed by atoms with van der Waals surface area (Å²) in [6.07, 6.45) is 2.38. The number of hydrogen-bond donors (Lipinski definition) is 1. The van der Waals surface area contributed by atoms with Crippen molar-refractivity contribution in [3.63, 3.8) is 0 Å². The van der Waals surface area contributed by atoms with E-state index in [1.165, 1.54) is 6.20 Å². The van der Waals surface area contributed by atoms with E-state index in [1.54, 1.807) is 17.4 Å². The van der Waals surface area contributed by atoms with Gasteiger partial charge in [-0.1, -0.05) is 13.0 Å². The van der Waals surface area contributed by atoms with E-state index in [-0.39, 0.29) is 5.75 Å². The lowest BCUT2D eigenvalue weighted by Crippen LogP contribution is -1.89. The molecule has 0 aliphatic rings. The smallest absolute Gasteiger partial charge is 0.134 e. The fraction of sp³-hybridized carbons (Fsp3) is 0.182. The second-order valence-corrected chi connectivity index (χ2v) is 3.98. The maximum Gasteiger partial charge on any atom is 0.134 e. The fourth-order valence-electron chi connectivity index (χ4n) is 1.40. The molecule has 2 heterocycles. The molecule has 2 aromatic rings. The van der Waals surface area contributed by atoms with Gasteiger partial charge in [-0.15, -0.1) is 11.3 Å². The molecule has 1 N–H and O–H groups in total. The third kappa shape index (κ3) is 1.63. The van der Waals surface area contributed by atoms with Crippen LogP contribution in [0.15, 0.2) is 29.8 Å². The first-order chi connectivity index (χ1) is 6.81. The lowest BCUT2D eigenvalue weighted by Gasteiger charge is -2.04. The highest BCUT2D eigenvalue weighted by molar-refractivity contribution is 7.13. The Labute approximate surface area is 86.9 Å². The molecule has 14 heavy (non-hydrogen) atoms. The Bertz CT molecular complexity index is 423. The normalized spacial score (nSPS) is 10.4. The predicted octanol–water partition coefficient (Wildman–Crippen LogP) is 3.08. The molecule has 2 aromatic heterocycles. The molecule has 0 bridgehead atoms. The highest BCUT2D eigenvalue weighted by atomic mass is 32.1. The Morgan fingerprint density at radius 2 is 2.36 bits per heavy atom. The van der Waals surface area contributed by atoms with Gasteiger partial charge in [-0.2, -0.15) is 0 Å². The Morgan fingerprint density at radius 3 is 3.00 bits per heavy atom. The number of thiophene rings is 1. The molecule has 0 saturated carbocycles. The van der Waals surface area contributed by atoms with E-state index in [0.29, 0.717) is 0 Å². The van der Waals surface area contributed by atoms with E-state index in [2.05, 4.69) is 11.9 Å². The summed E-state index contributed by atoms with van der Waals surface area (Å²) in [5.74, 6) is 0.238. The van der Waals surface area contributed by atoms with Crippen LogP contribution in [-0.2, 0) is 6.42 Å². The van der Waals surface area contributed by atoms with Gasteiger partial charge in [0.2, 0.25) is 0 Å². The van der Waals surface area contributed by atoms with Crippen LogP contribution in [0.5, 0.6) is 5.75 Å². The molecule has 0 atom stereocenters. The van der Waals surface area contributed by atoms with Gasteiger partial charge in [-0.3, -0.25) is 4.98 Å². The zero-order valence-electron chi connectivity index (χ0n) is 7.90. The highest BCUT2D eigenvalue weighted by Crippen LogP contribution is 2.28. The van der Waals surface area contributed by atoms with Crippen LogP contribution in [-0.4, -0.2) is 10.1 Å². The van der Waals surface area contributed by atoms with Crippen molar-refractivity contribution in [3.8, 4) is 16.3 Å². The Morgan fingerprint density at radius 1 is 1.50 bits per heavy atom. The summed E-state index contributed by atoms with van der Waals surface area (Å²) in [7, 11) is 0. The van der Waals surface area contributed by atoms with E-state index >= 15 is 0 Å². The summed E-state index contributed by atoms with van der Waals surface area (Å²) < 4.78 is 0. The van der Waals surface area contributed by atoms with Crippen molar-refractivity contribution in [1.29, 1.82) is 0 Å². The molecule has 0 fully saturated rings. The van der Waals surface area contributed by atoms with Crippen molar-refractivity contribution in [2.75, 3.05) is 0 Å². The summed E-state index contributed by atoms with van der Waals surface area (Å²) in [5.41, 5.74) is 2.08. The molecule has 0 radical (unpaired) electrons. The molecule has 2 nitrogen and oxygen atoms in total. The van der Waals surface area contributed by atoms with Gasteiger partial charge in [0, 0.05) is 0 Å². The van der Waals surface area contributed by atoms with Crippen LogP contribution in [0.3, 0.4) is 0 Å². The molecule has 0 saturated heterocycles. The molecule has 72 valence electrons. The molecule has 0 unspecified atom stereocenters. The van der Waals surface area contributed by atoms with Gasteiger partial charge >= 0.3 is 0 Å². The Hall–Kier alpha value is -1.35. The van der Waals surface area contributed by atoms with E-state index in [0.717, 1.165) is 22.6 Å². The van der Waals surface area contributed by atoms with Crippen LogP contribution in [0.4, 0.5) is 0 Å². The number of nitrogens with zero attached hydrogens (tertiary/aromatic N) is 1. The molecular weight excluding hydrogens is 194 g/mol. The number of aryl methyl sites for hydroxylation is 1. The van der Waals surface area contributed by atoms with Gasteiger partial charge in [-0.25, -0.2) is 0 Å². The van der Waals surface area contributed by atoms with Gasteiger partial charge in [0.1, 0.15) is 5.75 Å². The average Bonchev–Trinajstić information content (AvgIpc) is 2.70. The minimum atomic E-state index is 0.238. The molecule has 2 rings (SSSR count).